The standard InChI is InChI=1S/C10H18O/c1-6(2)8-4-10(8)9-3-7(9)5-11/h6-11H,3-5H2,1-2H3/t7-,8-,9+,10+/m1/s1. The first-order valence-corrected chi connectivity index (χ1v) is 4.85. The Morgan fingerprint density at radius 3 is 2.36 bits per heavy atom. The van der Waals surface area contributed by atoms with Crippen LogP contribution in [-0.4, -0.2) is 11.7 Å². The minimum Gasteiger partial charge on any atom is -0.396 e. The van der Waals surface area contributed by atoms with Crippen molar-refractivity contribution in [2.75, 3.05) is 6.61 Å². The van der Waals surface area contributed by atoms with Crippen LogP contribution in [0.3, 0.4) is 0 Å². The molecule has 2 aliphatic rings. The molecule has 1 N–H and O–H groups in total. The third kappa shape index (κ3) is 1.31. The predicted molar refractivity (Wildman–Crippen MR) is 45.1 cm³/mol. The Kier molecular flexibility index (Phi) is 1.71. The van der Waals surface area contributed by atoms with E-state index in [9.17, 15) is 0 Å². The van der Waals surface area contributed by atoms with Crippen molar-refractivity contribution >= 4 is 0 Å². The Labute approximate surface area is 68.8 Å². The number of rotatable bonds is 3. The second-order valence-corrected chi connectivity index (χ2v) is 4.65. The Morgan fingerprint density at radius 2 is 2.00 bits per heavy atom. The van der Waals surface area contributed by atoms with Crippen molar-refractivity contribution < 1.29 is 5.11 Å². The molecular weight excluding hydrogens is 136 g/mol. The van der Waals surface area contributed by atoms with Crippen molar-refractivity contribution in [3.05, 3.63) is 0 Å². The molecule has 0 aromatic heterocycles. The Morgan fingerprint density at radius 1 is 1.27 bits per heavy atom. The topological polar surface area (TPSA) is 20.2 Å². The molecule has 2 rings (SSSR count). The van der Waals surface area contributed by atoms with Gasteiger partial charge in [0.15, 0.2) is 0 Å². The van der Waals surface area contributed by atoms with Crippen LogP contribution in [0, 0.1) is 29.6 Å². The van der Waals surface area contributed by atoms with Crippen LogP contribution in [0.4, 0.5) is 0 Å². The van der Waals surface area contributed by atoms with E-state index in [0.29, 0.717) is 12.5 Å². The number of aliphatic hydroxyl groups is 1. The van der Waals surface area contributed by atoms with Crippen LogP contribution in [0.25, 0.3) is 0 Å². The summed E-state index contributed by atoms with van der Waals surface area (Å²) in [5.74, 6) is 4.46. The Balaban J connectivity index is 1.76. The van der Waals surface area contributed by atoms with E-state index in [2.05, 4.69) is 13.8 Å². The lowest BCUT2D eigenvalue weighted by atomic mass is 10.0. The largest absolute Gasteiger partial charge is 0.396 e. The van der Waals surface area contributed by atoms with Crippen LogP contribution < -0.4 is 0 Å². The maximum Gasteiger partial charge on any atom is 0.0462 e. The fraction of sp³-hybridized carbons (Fsp3) is 1.00. The molecule has 0 aromatic rings. The number of hydrogen-bond acceptors (Lipinski definition) is 1. The average Bonchev–Trinajstić information content (AvgIpc) is 2.83. The summed E-state index contributed by atoms with van der Waals surface area (Å²) in [6, 6.07) is 0. The molecule has 1 nitrogen and oxygen atoms in total. The zero-order chi connectivity index (χ0) is 8.01. The van der Waals surface area contributed by atoms with E-state index >= 15 is 0 Å². The van der Waals surface area contributed by atoms with Crippen LogP contribution >= 0.6 is 0 Å². The minimum absolute atomic E-state index is 0.436. The third-order valence-corrected chi connectivity index (χ3v) is 3.51. The summed E-state index contributed by atoms with van der Waals surface area (Å²) in [4.78, 5) is 0. The van der Waals surface area contributed by atoms with E-state index in [0.717, 1.165) is 23.7 Å². The maximum atomic E-state index is 8.88. The van der Waals surface area contributed by atoms with Gasteiger partial charge in [0, 0.05) is 6.61 Å². The number of aliphatic hydroxyl groups excluding tert-OH is 1. The van der Waals surface area contributed by atoms with Gasteiger partial charge in [0.05, 0.1) is 0 Å². The summed E-state index contributed by atoms with van der Waals surface area (Å²) in [7, 11) is 0. The molecule has 1 heteroatoms. The van der Waals surface area contributed by atoms with Crippen molar-refractivity contribution in [2.45, 2.75) is 26.7 Å². The first-order valence-electron chi connectivity index (χ1n) is 4.85. The zero-order valence-corrected chi connectivity index (χ0v) is 7.46. The highest BCUT2D eigenvalue weighted by Gasteiger charge is 2.53. The van der Waals surface area contributed by atoms with Gasteiger partial charge in [-0.25, -0.2) is 0 Å². The van der Waals surface area contributed by atoms with Crippen molar-refractivity contribution in [2.24, 2.45) is 29.6 Å². The molecule has 11 heavy (non-hydrogen) atoms. The SMILES string of the molecule is CC(C)[C@H]1C[C@@H]1[C@H]1C[C@@H]1CO. The number of hydrogen-bond donors (Lipinski definition) is 1. The Bertz CT molecular complexity index is 153. The molecule has 2 aliphatic carbocycles. The molecule has 0 saturated heterocycles. The highest BCUT2D eigenvalue weighted by molar-refractivity contribution is 5.02. The summed E-state index contributed by atoms with van der Waals surface area (Å²) in [5, 5.41) is 8.88. The lowest BCUT2D eigenvalue weighted by Crippen LogP contribution is -1.96. The Hall–Kier alpha value is -0.0400. The minimum atomic E-state index is 0.436. The molecule has 4 atom stereocenters. The fourth-order valence-electron chi connectivity index (χ4n) is 2.50. The van der Waals surface area contributed by atoms with Crippen LogP contribution in [0.2, 0.25) is 0 Å². The van der Waals surface area contributed by atoms with E-state index < -0.39 is 0 Å². The second-order valence-electron chi connectivity index (χ2n) is 4.65. The van der Waals surface area contributed by atoms with E-state index in [4.69, 9.17) is 5.11 Å². The zero-order valence-electron chi connectivity index (χ0n) is 7.46. The van der Waals surface area contributed by atoms with Gasteiger partial charge in [0.1, 0.15) is 0 Å². The van der Waals surface area contributed by atoms with Crippen molar-refractivity contribution in [1.29, 1.82) is 0 Å². The third-order valence-electron chi connectivity index (χ3n) is 3.51. The average molecular weight is 154 g/mol. The monoisotopic (exact) mass is 154 g/mol. The van der Waals surface area contributed by atoms with Gasteiger partial charge < -0.3 is 5.11 Å². The molecule has 0 aromatic carbocycles. The molecule has 0 heterocycles. The molecule has 64 valence electrons. The predicted octanol–water partition coefficient (Wildman–Crippen LogP) is 1.91. The molecular formula is C10H18O. The van der Waals surface area contributed by atoms with Gasteiger partial charge in [0.25, 0.3) is 0 Å². The van der Waals surface area contributed by atoms with Crippen LogP contribution in [-0.2, 0) is 0 Å². The highest BCUT2D eigenvalue weighted by Crippen LogP contribution is 2.59. The summed E-state index contributed by atoms with van der Waals surface area (Å²) in [6.07, 6.45) is 2.75. The maximum absolute atomic E-state index is 8.88. The molecule has 0 bridgehead atoms. The molecule has 0 radical (unpaired) electrons. The van der Waals surface area contributed by atoms with E-state index in [1.165, 1.54) is 12.8 Å². The van der Waals surface area contributed by atoms with E-state index in [1.54, 1.807) is 0 Å². The van der Waals surface area contributed by atoms with Crippen molar-refractivity contribution in [3.8, 4) is 0 Å². The van der Waals surface area contributed by atoms with Gasteiger partial charge in [-0.2, -0.15) is 0 Å². The van der Waals surface area contributed by atoms with Crippen LogP contribution in [0.5, 0.6) is 0 Å². The van der Waals surface area contributed by atoms with Gasteiger partial charge in [0.2, 0.25) is 0 Å². The van der Waals surface area contributed by atoms with E-state index in [1.807, 2.05) is 0 Å². The first-order chi connectivity index (χ1) is 5.24. The molecule has 2 fully saturated rings. The van der Waals surface area contributed by atoms with Gasteiger partial charge in [-0.3, -0.25) is 0 Å². The van der Waals surface area contributed by atoms with E-state index in [-0.39, 0.29) is 0 Å². The molecule has 2 saturated carbocycles. The molecule has 0 spiro atoms. The van der Waals surface area contributed by atoms with Gasteiger partial charge in [-0.1, -0.05) is 13.8 Å². The summed E-state index contributed by atoms with van der Waals surface area (Å²) >= 11 is 0. The summed E-state index contributed by atoms with van der Waals surface area (Å²) in [5.41, 5.74) is 0. The lowest BCUT2D eigenvalue weighted by molar-refractivity contribution is 0.264. The van der Waals surface area contributed by atoms with Crippen molar-refractivity contribution in [1.82, 2.24) is 0 Å². The molecule has 0 amide bonds. The second kappa shape index (κ2) is 2.48. The first kappa shape index (κ1) is 7.60. The van der Waals surface area contributed by atoms with Crippen LogP contribution in [0.15, 0.2) is 0 Å². The lowest BCUT2D eigenvalue weighted by Gasteiger charge is -2.01. The summed E-state index contributed by atoms with van der Waals surface area (Å²) < 4.78 is 0. The normalized spacial score (nSPS) is 48.0. The van der Waals surface area contributed by atoms with Gasteiger partial charge in [-0.05, 0) is 42.4 Å². The fourth-order valence-corrected chi connectivity index (χ4v) is 2.50. The quantitative estimate of drug-likeness (QED) is 0.658. The van der Waals surface area contributed by atoms with Gasteiger partial charge >= 0.3 is 0 Å². The summed E-state index contributed by atoms with van der Waals surface area (Å²) in [6.45, 7) is 5.08. The van der Waals surface area contributed by atoms with Crippen LogP contribution in [0.1, 0.15) is 26.7 Å². The van der Waals surface area contributed by atoms with Crippen molar-refractivity contribution in [3.63, 3.8) is 0 Å². The highest BCUT2D eigenvalue weighted by atomic mass is 16.3. The van der Waals surface area contributed by atoms with Gasteiger partial charge in [-0.15, -0.1) is 0 Å². The smallest absolute Gasteiger partial charge is 0.0462 e. The molecule has 0 aliphatic heterocycles. The molecule has 0 unspecified atom stereocenters.